The van der Waals surface area contributed by atoms with Gasteiger partial charge in [-0.2, -0.15) is 0 Å². The molecule has 1 rings (SSSR count). The summed E-state index contributed by atoms with van der Waals surface area (Å²) in [7, 11) is 0. The quantitative estimate of drug-likeness (QED) is 0.421. The Morgan fingerprint density at radius 1 is 1.22 bits per heavy atom. The molecule has 1 radical (unpaired) electrons. The topological polar surface area (TPSA) is 0 Å². The molecule has 53 valence electrons. The summed E-state index contributed by atoms with van der Waals surface area (Å²) >= 11 is 5.54. The Labute approximate surface area is 62.6 Å². The van der Waals surface area contributed by atoms with Crippen LogP contribution in [0, 0.1) is 5.92 Å². The Balaban J connectivity index is 1.80. The first-order valence-electron chi connectivity index (χ1n) is 3.83. The Morgan fingerprint density at radius 2 is 2.00 bits per heavy atom. The summed E-state index contributed by atoms with van der Waals surface area (Å²) in [6.07, 6.45) is 8.12. The van der Waals surface area contributed by atoms with Gasteiger partial charge in [-0.1, -0.05) is 12.8 Å². The van der Waals surface area contributed by atoms with Gasteiger partial charge in [0.25, 0.3) is 0 Å². The van der Waals surface area contributed by atoms with E-state index in [9.17, 15) is 0 Å². The lowest BCUT2D eigenvalue weighted by molar-refractivity contribution is 0.493. The maximum Gasteiger partial charge on any atom is 0.0223 e. The molecule has 0 saturated heterocycles. The average Bonchev–Trinajstić information content (AvgIpc) is 1.76. The smallest absolute Gasteiger partial charge is 0.0223 e. The Hall–Kier alpha value is 0.290. The average molecular weight is 146 g/mol. The van der Waals surface area contributed by atoms with E-state index in [2.05, 4.69) is 0 Å². The number of alkyl halides is 1. The Bertz CT molecular complexity index is 67.0. The zero-order valence-electron chi connectivity index (χ0n) is 5.83. The van der Waals surface area contributed by atoms with Crippen LogP contribution in [-0.4, -0.2) is 5.88 Å². The Morgan fingerprint density at radius 3 is 2.44 bits per heavy atom. The van der Waals surface area contributed by atoms with Crippen molar-refractivity contribution in [3.63, 3.8) is 0 Å². The van der Waals surface area contributed by atoms with E-state index in [0.29, 0.717) is 0 Å². The van der Waals surface area contributed by atoms with Gasteiger partial charge in [0.05, 0.1) is 0 Å². The third-order valence-corrected chi connectivity index (χ3v) is 2.24. The van der Waals surface area contributed by atoms with Gasteiger partial charge in [-0.3, -0.25) is 0 Å². The van der Waals surface area contributed by atoms with Gasteiger partial charge < -0.3 is 0 Å². The monoisotopic (exact) mass is 145 g/mol. The fourth-order valence-corrected chi connectivity index (χ4v) is 1.34. The summed E-state index contributed by atoms with van der Waals surface area (Å²) in [6.45, 7) is 0. The number of hydrogen-bond donors (Lipinski definition) is 0. The van der Waals surface area contributed by atoms with Crippen molar-refractivity contribution in [3.05, 3.63) is 5.92 Å². The third-order valence-electron chi connectivity index (χ3n) is 1.97. The molecule has 0 aliphatic heterocycles. The molecule has 0 bridgehead atoms. The molecule has 0 unspecified atom stereocenters. The van der Waals surface area contributed by atoms with E-state index in [-0.39, 0.29) is 0 Å². The summed E-state index contributed by atoms with van der Waals surface area (Å²) in [5.74, 6) is 2.62. The first-order chi connectivity index (χ1) is 4.43. The SMILES string of the molecule is ClCCCC[C]1CCC1. The predicted octanol–water partition coefficient (Wildman–Crippen LogP) is 3.15. The highest BCUT2D eigenvalue weighted by Gasteiger charge is 2.16. The highest BCUT2D eigenvalue weighted by Crippen LogP contribution is 2.32. The van der Waals surface area contributed by atoms with Gasteiger partial charge >= 0.3 is 0 Å². The predicted molar refractivity (Wildman–Crippen MR) is 41.7 cm³/mol. The number of hydrogen-bond acceptors (Lipinski definition) is 0. The van der Waals surface area contributed by atoms with Crippen LogP contribution in [0.15, 0.2) is 0 Å². The minimum atomic E-state index is 0.841. The molecule has 0 aromatic heterocycles. The van der Waals surface area contributed by atoms with Crippen molar-refractivity contribution in [2.75, 3.05) is 5.88 Å². The van der Waals surface area contributed by atoms with E-state index < -0.39 is 0 Å². The number of rotatable bonds is 4. The van der Waals surface area contributed by atoms with Crippen molar-refractivity contribution in [2.24, 2.45) is 0 Å². The van der Waals surface area contributed by atoms with E-state index in [1.165, 1.54) is 38.5 Å². The van der Waals surface area contributed by atoms with E-state index in [4.69, 9.17) is 11.6 Å². The van der Waals surface area contributed by atoms with Gasteiger partial charge in [-0.25, -0.2) is 0 Å². The highest BCUT2D eigenvalue weighted by atomic mass is 35.5. The van der Waals surface area contributed by atoms with E-state index in [1.54, 1.807) is 5.92 Å². The standard InChI is InChI=1S/C8H14Cl/c9-7-2-1-4-8-5-3-6-8/h1-7H2. The molecule has 1 aliphatic carbocycles. The molecule has 0 spiro atoms. The van der Waals surface area contributed by atoms with Crippen molar-refractivity contribution in [3.8, 4) is 0 Å². The second-order valence-electron chi connectivity index (χ2n) is 2.75. The van der Waals surface area contributed by atoms with E-state index in [1.807, 2.05) is 0 Å². The minimum Gasteiger partial charge on any atom is -0.127 e. The molecule has 0 N–H and O–H groups in total. The summed E-state index contributed by atoms with van der Waals surface area (Å²) < 4.78 is 0. The Kier molecular flexibility index (Phi) is 3.42. The van der Waals surface area contributed by atoms with Crippen LogP contribution >= 0.6 is 11.6 Å². The lowest BCUT2D eigenvalue weighted by Gasteiger charge is -2.24. The summed E-state index contributed by atoms with van der Waals surface area (Å²) in [6, 6.07) is 0. The van der Waals surface area contributed by atoms with Crippen LogP contribution in [-0.2, 0) is 0 Å². The summed E-state index contributed by atoms with van der Waals surface area (Å²) in [5.41, 5.74) is 0. The lowest BCUT2D eigenvalue weighted by Crippen LogP contribution is -2.07. The zero-order valence-corrected chi connectivity index (χ0v) is 6.58. The molecule has 1 fully saturated rings. The van der Waals surface area contributed by atoms with Crippen LogP contribution in [0.5, 0.6) is 0 Å². The molecule has 0 aromatic carbocycles. The molecule has 0 amide bonds. The molecule has 0 aromatic rings. The lowest BCUT2D eigenvalue weighted by atomic mass is 9.82. The van der Waals surface area contributed by atoms with Gasteiger partial charge in [0.15, 0.2) is 0 Å². The molecule has 0 heterocycles. The van der Waals surface area contributed by atoms with Crippen molar-refractivity contribution in [2.45, 2.75) is 38.5 Å². The van der Waals surface area contributed by atoms with Crippen molar-refractivity contribution < 1.29 is 0 Å². The number of halogens is 1. The van der Waals surface area contributed by atoms with Crippen LogP contribution in [0.4, 0.5) is 0 Å². The second kappa shape index (κ2) is 4.16. The molecule has 1 saturated carbocycles. The van der Waals surface area contributed by atoms with Crippen LogP contribution in [0.3, 0.4) is 0 Å². The fourth-order valence-electron chi connectivity index (χ4n) is 1.15. The normalized spacial score (nSPS) is 19.7. The van der Waals surface area contributed by atoms with E-state index in [0.717, 1.165) is 5.88 Å². The van der Waals surface area contributed by atoms with Crippen molar-refractivity contribution in [1.29, 1.82) is 0 Å². The molecular formula is C8H14Cl. The first-order valence-corrected chi connectivity index (χ1v) is 4.36. The zero-order chi connectivity index (χ0) is 6.53. The molecule has 0 nitrogen and oxygen atoms in total. The maximum atomic E-state index is 5.54. The minimum absolute atomic E-state index is 0.841. The maximum absolute atomic E-state index is 5.54. The molecule has 1 heteroatoms. The van der Waals surface area contributed by atoms with Gasteiger partial charge in [-0.15, -0.1) is 11.6 Å². The third kappa shape index (κ3) is 2.57. The number of unbranched alkanes of at least 4 members (excludes halogenated alkanes) is 1. The fraction of sp³-hybridized carbons (Fsp3) is 0.875. The van der Waals surface area contributed by atoms with Crippen molar-refractivity contribution >= 4 is 11.6 Å². The second-order valence-corrected chi connectivity index (χ2v) is 3.13. The molecular weight excluding hydrogens is 132 g/mol. The molecule has 9 heavy (non-hydrogen) atoms. The molecule has 1 aliphatic rings. The van der Waals surface area contributed by atoms with Gasteiger partial charge in [0.1, 0.15) is 0 Å². The summed E-state index contributed by atoms with van der Waals surface area (Å²) in [5, 5.41) is 0. The van der Waals surface area contributed by atoms with Gasteiger partial charge in [-0.05, 0) is 31.6 Å². The van der Waals surface area contributed by atoms with E-state index >= 15 is 0 Å². The van der Waals surface area contributed by atoms with Crippen LogP contribution in [0.25, 0.3) is 0 Å². The van der Waals surface area contributed by atoms with Gasteiger partial charge in [0.2, 0.25) is 0 Å². The van der Waals surface area contributed by atoms with Crippen LogP contribution in [0.1, 0.15) is 38.5 Å². The van der Waals surface area contributed by atoms with Crippen LogP contribution in [0.2, 0.25) is 0 Å². The highest BCUT2D eigenvalue weighted by molar-refractivity contribution is 6.17. The molecule has 0 atom stereocenters. The first kappa shape index (κ1) is 7.40. The van der Waals surface area contributed by atoms with Crippen molar-refractivity contribution in [1.82, 2.24) is 0 Å². The van der Waals surface area contributed by atoms with Gasteiger partial charge in [0, 0.05) is 5.88 Å². The largest absolute Gasteiger partial charge is 0.127 e. The van der Waals surface area contributed by atoms with Crippen LogP contribution < -0.4 is 0 Å². The summed E-state index contributed by atoms with van der Waals surface area (Å²) in [4.78, 5) is 0.